The Balaban J connectivity index is 1.33. The average molecular weight is 462 g/mol. The van der Waals surface area contributed by atoms with Gasteiger partial charge in [-0.05, 0) is 30.7 Å². The molecule has 0 aliphatic carbocycles. The van der Waals surface area contributed by atoms with E-state index < -0.39 is 23.9 Å². The van der Waals surface area contributed by atoms with Gasteiger partial charge in [0.25, 0.3) is 17.7 Å². The number of benzene rings is 2. The van der Waals surface area contributed by atoms with Crippen molar-refractivity contribution in [3.8, 4) is 0 Å². The molecule has 3 amide bonds. The molecule has 34 heavy (non-hydrogen) atoms. The first-order chi connectivity index (χ1) is 16.4. The smallest absolute Gasteiger partial charge is 0.338 e. The Hall–Kier alpha value is -3.78. The first-order valence-electron chi connectivity index (χ1n) is 11.3. The first kappa shape index (κ1) is 23.4. The van der Waals surface area contributed by atoms with Crippen molar-refractivity contribution in [3.05, 3.63) is 83.4 Å². The number of piperazine rings is 1. The molecule has 2 aromatic carbocycles. The Morgan fingerprint density at radius 1 is 1.00 bits per heavy atom. The van der Waals surface area contributed by atoms with Gasteiger partial charge in [-0.1, -0.05) is 36.4 Å². The third kappa shape index (κ3) is 4.77. The topological polar surface area (TPSA) is 87.2 Å². The Kier molecular flexibility index (Phi) is 6.88. The molecule has 1 unspecified atom stereocenters. The summed E-state index contributed by atoms with van der Waals surface area (Å²) in [5.74, 6) is -1.87. The number of hydrogen-bond donors (Lipinski definition) is 0. The number of imide groups is 1. The van der Waals surface area contributed by atoms with Gasteiger partial charge in [-0.15, -0.1) is 6.58 Å². The summed E-state index contributed by atoms with van der Waals surface area (Å²) in [6.07, 6.45) is 0.502. The summed E-state index contributed by atoms with van der Waals surface area (Å²) in [6.45, 7) is 8.62. The Bertz CT molecular complexity index is 1120. The maximum Gasteiger partial charge on any atom is 0.338 e. The molecule has 1 saturated heterocycles. The Morgan fingerprint density at radius 2 is 1.68 bits per heavy atom. The molecule has 8 nitrogen and oxygen atoms in total. The van der Waals surface area contributed by atoms with E-state index in [0.29, 0.717) is 13.1 Å². The maximum absolute atomic E-state index is 12.8. The minimum absolute atomic E-state index is 0.0935. The molecule has 176 valence electrons. The number of carbonyl (C=O) groups is 4. The summed E-state index contributed by atoms with van der Waals surface area (Å²) in [4.78, 5) is 55.4. The molecule has 1 atom stereocenters. The monoisotopic (exact) mass is 461 g/mol. The van der Waals surface area contributed by atoms with Crippen molar-refractivity contribution in [2.24, 2.45) is 0 Å². The van der Waals surface area contributed by atoms with Crippen molar-refractivity contribution >= 4 is 23.7 Å². The highest BCUT2D eigenvalue weighted by Gasteiger charge is 2.35. The minimum Gasteiger partial charge on any atom is -0.449 e. The van der Waals surface area contributed by atoms with Gasteiger partial charge in [0.1, 0.15) is 0 Å². The summed E-state index contributed by atoms with van der Waals surface area (Å²) in [5, 5.41) is 0. The van der Waals surface area contributed by atoms with E-state index in [4.69, 9.17) is 4.74 Å². The minimum atomic E-state index is -0.962. The van der Waals surface area contributed by atoms with Crippen molar-refractivity contribution in [1.29, 1.82) is 0 Å². The fourth-order valence-electron chi connectivity index (χ4n) is 4.22. The van der Waals surface area contributed by atoms with Crippen molar-refractivity contribution in [3.63, 3.8) is 0 Å². The van der Waals surface area contributed by atoms with E-state index in [-0.39, 0.29) is 29.1 Å². The van der Waals surface area contributed by atoms with Crippen molar-refractivity contribution in [2.45, 2.75) is 19.6 Å². The van der Waals surface area contributed by atoms with Crippen molar-refractivity contribution in [2.75, 3.05) is 32.7 Å². The van der Waals surface area contributed by atoms with Crippen LogP contribution in [0, 0.1) is 0 Å². The van der Waals surface area contributed by atoms with Crippen LogP contribution in [0.4, 0.5) is 0 Å². The highest BCUT2D eigenvalue weighted by Crippen LogP contribution is 2.24. The molecule has 0 spiro atoms. The van der Waals surface area contributed by atoms with Crippen molar-refractivity contribution in [1.82, 2.24) is 14.7 Å². The van der Waals surface area contributed by atoms with Gasteiger partial charge in [0.05, 0.1) is 16.7 Å². The second kappa shape index (κ2) is 10.0. The lowest BCUT2D eigenvalue weighted by atomic mass is 10.1. The lowest BCUT2D eigenvalue weighted by Crippen LogP contribution is -2.51. The zero-order chi connectivity index (χ0) is 24.2. The molecule has 0 bridgehead atoms. The molecule has 0 radical (unpaired) electrons. The highest BCUT2D eigenvalue weighted by atomic mass is 16.5. The number of nitrogens with zero attached hydrogens (tertiary/aromatic N) is 3. The normalized spacial score (nSPS) is 16.9. The van der Waals surface area contributed by atoms with Crippen LogP contribution in [-0.4, -0.2) is 77.2 Å². The SMILES string of the molecule is C=CCN1C(=O)c2ccc(C(=O)OC(C)C(=O)N3CCN(Cc4ccccc4)CC3)cc2C1=O. The molecule has 2 heterocycles. The molecule has 2 aliphatic heterocycles. The van der Waals surface area contributed by atoms with Crippen LogP contribution in [0.25, 0.3) is 0 Å². The molecule has 8 heteroatoms. The van der Waals surface area contributed by atoms with E-state index in [1.807, 2.05) is 18.2 Å². The molecular weight excluding hydrogens is 434 g/mol. The fraction of sp³-hybridized carbons (Fsp3) is 0.308. The maximum atomic E-state index is 12.8. The van der Waals surface area contributed by atoms with Crippen LogP contribution >= 0.6 is 0 Å². The summed E-state index contributed by atoms with van der Waals surface area (Å²) in [5.41, 5.74) is 1.73. The third-order valence-corrected chi connectivity index (χ3v) is 6.08. The van der Waals surface area contributed by atoms with E-state index in [9.17, 15) is 19.2 Å². The summed E-state index contributed by atoms with van der Waals surface area (Å²) in [6, 6.07) is 14.4. The zero-order valence-electron chi connectivity index (χ0n) is 19.1. The van der Waals surface area contributed by atoms with Gasteiger partial charge in [-0.3, -0.25) is 24.2 Å². The summed E-state index contributed by atoms with van der Waals surface area (Å²) >= 11 is 0. The number of amides is 3. The number of ether oxygens (including phenoxy) is 1. The lowest BCUT2D eigenvalue weighted by Gasteiger charge is -2.35. The second-order valence-corrected chi connectivity index (χ2v) is 8.40. The van der Waals surface area contributed by atoms with Gasteiger partial charge in [-0.2, -0.15) is 0 Å². The van der Waals surface area contributed by atoms with E-state index >= 15 is 0 Å². The molecule has 2 aliphatic rings. The van der Waals surface area contributed by atoms with Gasteiger partial charge in [0.15, 0.2) is 6.10 Å². The molecule has 4 rings (SSSR count). The van der Waals surface area contributed by atoms with Crippen LogP contribution in [0.1, 0.15) is 43.6 Å². The van der Waals surface area contributed by atoms with Gasteiger partial charge in [0.2, 0.25) is 0 Å². The number of fused-ring (bicyclic) bond motifs is 1. The van der Waals surface area contributed by atoms with Gasteiger partial charge in [0, 0.05) is 39.3 Å². The number of carbonyl (C=O) groups excluding carboxylic acids is 4. The average Bonchev–Trinajstić information content (AvgIpc) is 3.09. The first-order valence-corrected chi connectivity index (χ1v) is 11.3. The standard InChI is InChI=1S/C26H27N3O5/c1-3-11-29-24(31)21-10-9-20(16-22(21)25(29)32)26(33)34-18(2)23(30)28-14-12-27(13-15-28)17-19-7-5-4-6-8-19/h3-10,16,18H,1,11-15,17H2,2H3. The van der Waals surface area contributed by atoms with Gasteiger partial charge >= 0.3 is 5.97 Å². The van der Waals surface area contributed by atoms with Crippen LogP contribution in [0.3, 0.4) is 0 Å². The van der Waals surface area contributed by atoms with E-state index in [0.717, 1.165) is 24.5 Å². The number of esters is 1. The zero-order valence-corrected chi connectivity index (χ0v) is 19.1. The quantitative estimate of drug-likeness (QED) is 0.357. The van der Waals surface area contributed by atoms with E-state index in [1.165, 1.54) is 29.8 Å². The summed E-state index contributed by atoms with van der Waals surface area (Å²) in [7, 11) is 0. The number of rotatable bonds is 7. The molecule has 0 saturated carbocycles. The highest BCUT2D eigenvalue weighted by molar-refractivity contribution is 6.22. The van der Waals surface area contributed by atoms with Gasteiger partial charge in [-0.25, -0.2) is 4.79 Å². The van der Waals surface area contributed by atoms with Crippen LogP contribution in [0.15, 0.2) is 61.2 Å². The molecule has 0 N–H and O–H groups in total. The van der Waals surface area contributed by atoms with Crippen molar-refractivity contribution < 1.29 is 23.9 Å². The van der Waals surface area contributed by atoms with Gasteiger partial charge < -0.3 is 9.64 Å². The van der Waals surface area contributed by atoms with E-state index in [1.54, 1.807) is 11.8 Å². The number of hydrogen-bond acceptors (Lipinski definition) is 6. The molecule has 2 aromatic rings. The predicted octanol–water partition coefficient (Wildman–Crippen LogP) is 2.36. The molecule has 0 aromatic heterocycles. The summed E-state index contributed by atoms with van der Waals surface area (Å²) < 4.78 is 5.40. The van der Waals surface area contributed by atoms with Crippen LogP contribution in [-0.2, 0) is 16.1 Å². The Morgan fingerprint density at radius 3 is 2.35 bits per heavy atom. The molecular formula is C26H27N3O5. The molecule has 1 fully saturated rings. The van der Waals surface area contributed by atoms with Crippen LogP contribution in [0.5, 0.6) is 0 Å². The lowest BCUT2D eigenvalue weighted by molar-refractivity contribution is -0.141. The largest absolute Gasteiger partial charge is 0.449 e. The van der Waals surface area contributed by atoms with Crippen LogP contribution < -0.4 is 0 Å². The second-order valence-electron chi connectivity index (χ2n) is 8.40. The Labute approximate surface area is 198 Å². The predicted molar refractivity (Wildman–Crippen MR) is 125 cm³/mol. The fourth-order valence-corrected chi connectivity index (χ4v) is 4.22. The van der Waals surface area contributed by atoms with E-state index in [2.05, 4.69) is 23.6 Å². The third-order valence-electron chi connectivity index (χ3n) is 6.08. The van der Waals surface area contributed by atoms with Crippen LogP contribution in [0.2, 0.25) is 0 Å².